The van der Waals surface area contributed by atoms with Crippen molar-refractivity contribution in [2.45, 2.75) is 50.3 Å². The third kappa shape index (κ3) is 2.08. The van der Waals surface area contributed by atoms with Crippen LogP contribution in [0.5, 0.6) is 0 Å². The largest absolute Gasteiger partial charge is 0.372 e. The zero-order valence-electron chi connectivity index (χ0n) is 14.6. The standard InChI is InChI=1S/C16H27NO5/c1-10-13-6-21-16(10,9-19-13)11(2)22-17(4)5-12-14-7-20-15(12,3)8-18-14/h10-14H,5-9H2,1-4H3/t10-,11?,12-,13-,14-,15-,16-/m0/s1/i3D. The van der Waals surface area contributed by atoms with Crippen LogP contribution in [0.4, 0.5) is 0 Å². The topological polar surface area (TPSA) is 49.4 Å². The first-order valence-corrected chi connectivity index (χ1v) is 8.19. The minimum absolute atomic E-state index is 0.0807. The molecule has 4 aliphatic rings. The van der Waals surface area contributed by atoms with Crippen molar-refractivity contribution in [3.63, 3.8) is 0 Å². The highest BCUT2D eigenvalue weighted by molar-refractivity contribution is 5.05. The Balaban J connectivity index is 1.38. The monoisotopic (exact) mass is 314 g/mol. The molecule has 4 aliphatic heterocycles. The van der Waals surface area contributed by atoms with Crippen molar-refractivity contribution >= 4 is 0 Å². The second-order valence-electron chi connectivity index (χ2n) is 7.29. The molecule has 4 saturated heterocycles. The van der Waals surface area contributed by atoms with Gasteiger partial charge in [0.2, 0.25) is 0 Å². The van der Waals surface area contributed by atoms with E-state index in [1.807, 2.05) is 12.1 Å². The number of hydroxylamine groups is 2. The number of ether oxygens (including phenoxy) is 4. The number of fused-ring (bicyclic) bond motifs is 4. The van der Waals surface area contributed by atoms with Gasteiger partial charge in [0, 0.05) is 26.8 Å². The summed E-state index contributed by atoms with van der Waals surface area (Å²) in [7, 11) is 1.94. The molecule has 6 heteroatoms. The van der Waals surface area contributed by atoms with Gasteiger partial charge in [0.15, 0.2) is 0 Å². The summed E-state index contributed by atoms with van der Waals surface area (Å²) in [5.74, 6) is 0.531. The lowest BCUT2D eigenvalue weighted by molar-refractivity contribution is -0.252. The third-order valence-electron chi connectivity index (χ3n) is 6.05. The van der Waals surface area contributed by atoms with Crippen molar-refractivity contribution in [1.82, 2.24) is 5.06 Å². The average Bonchev–Trinajstić information content (AvgIpc) is 3.27. The molecule has 0 aromatic rings. The van der Waals surface area contributed by atoms with Gasteiger partial charge in [-0.05, 0) is 13.8 Å². The Hall–Kier alpha value is -0.240. The lowest BCUT2D eigenvalue weighted by Crippen LogP contribution is -2.50. The second kappa shape index (κ2) is 5.13. The summed E-state index contributed by atoms with van der Waals surface area (Å²) in [6, 6.07) is 0. The summed E-state index contributed by atoms with van der Waals surface area (Å²) in [6.45, 7) is 7.54. The maximum Gasteiger partial charge on any atom is 0.124 e. The number of nitrogens with zero attached hydrogens (tertiary/aromatic N) is 1. The second-order valence-corrected chi connectivity index (χ2v) is 7.29. The summed E-state index contributed by atoms with van der Waals surface area (Å²) < 4.78 is 31.2. The van der Waals surface area contributed by atoms with Crippen LogP contribution in [-0.2, 0) is 23.8 Å². The molecule has 0 saturated carbocycles. The number of rotatable bonds is 5. The quantitative estimate of drug-likeness (QED) is 0.701. The van der Waals surface area contributed by atoms with Crippen LogP contribution in [0, 0.1) is 11.8 Å². The SMILES string of the molecule is [2H]C[C@@]12CO[C@@H](CO1)[C@@H]2CN(C)OC(C)[C@@]12CO[C@@H](CO1)[C@@H]2C. The zero-order chi connectivity index (χ0) is 16.2. The van der Waals surface area contributed by atoms with Gasteiger partial charge in [0.25, 0.3) is 0 Å². The van der Waals surface area contributed by atoms with E-state index in [1.54, 1.807) is 0 Å². The zero-order valence-corrected chi connectivity index (χ0v) is 13.6. The van der Waals surface area contributed by atoms with Gasteiger partial charge in [-0.3, -0.25) is 4.84 Å². The minimum atomic E-state index is -0.456. The Morgan fingerprint density at radius 3 is 2.59 bits per heavy atom. The van der Waals surface area contributed by atoms with Crippen molar-refractivity contribution in [2.24, 2.45) is 11.8 Å². The van der Waals surface area contributed by atoms with Crippen LogP contribution in [0.1, 0.15) is 22.1 Å². The molecule has 126 valence electrons. The molecular weight excluding hydrogens is 286 g/mol. The highest BCUT2D eigenvalue weighted by Gasteiger charge is 2.58. The average molecular weight is 314 g/mol. The number of hydrogen-bond acceptors (Lipinski definition) is 6. The molecule has 6 nitrogen and oxygen atoms in total. The predicted octanol–water partition coefficient (Wildman–Crippen LogP) is 0.846. The van der Waals surface area contributed by atoms with E-state index in [0.29, 0.717) is 38.9 Å². The molecule has 7 atom stereocenters. The molecule has 4 rings (SSSR count). The van der Waals surface area contributed by atoms with E-state index in [4.69, 9.17) is 25.2 Å². The normalized spacial score (nSPS) is 51.7. The first-order valence-electron chi connectivity index (χ1n) is 8.90. The smallest absolute Gasteiger partial charge is 0.124 e. The number of hydrogen-bond donors (Lipinski definition) is 0. The van der Waals surface area contributed by atoms with Gasteiger partial charge in [-0.15, -0.1) is 0 Å². The molecule has 0 spiro atoms. The van der Waals surface area contributed by atoms with Crippen molar-refractivity contribution < 1.29 is 25.2 Å². The maximum absolute atomic E-state index is 7.82. The van der Waals surface area contributed by atoms with Crippen LogP contribution < -0.4 is 0 Å². The Morgan fingerprint density at radius 2 is 2.05 bits per heavy atom. The van der Waals surface area contributed by atoms with Crippen molar-refractivity contribution in [3.8, 4) is 0 Å². The van der Waals surface area contributed by atoms with Gasteiger partial charge >= 0.3 is 0 Å². The first-order chi connectivity index (χ1) is 11.0. The van der Waals surface area contributed by atoms with Crippen LogP contribution in [-0.4, -0.2) is 74.6 Å². The Bertz CT molecular complexity index is 448. The Labute approximate surface area is 133 Å². The van der Waals surface area contributed by atoms with Gasteiger partial charge in [-0.2, -0.15) is 5.06 Å². The fraction of sp³-hybridized carbons (Fsp3) is 1.00. The summed E-state index contributed by atoms with van der Waals surface area (Å²) in [6.07, 6.45) is 0.203. The van der Waals surface area contributed by atoms with Crippen molar-refractivity contribution in [1.29, 1.82) is 0 Å². The van der Waals surface area contributed by atoms with Gasteiger partial charge < -0.3 is 18.9 Å². The maximum atomic E-state index is 7.82. The first kappa shape index (κ1) is 14.1. The van der Waals surface area contributed by atoms with Gasteiger partial charge in [-0.1, -0.05) is 6.92 Å². The molecule has 0 aromatic carbocycles. The Morgan fingerprint density at radius 1 is 1.27 bits per heavy atom. The lowest BCUT2D eigenvalue weighted by atomic mass is 9.86. The summed E-state index contributed by atoms with van der Waals surface area (Å²) in [4.78, 5) is 6.16. The van der Waals surface area contributed by atoms with Gasteiger partial charge in [0.05, 0.1) is 44.2 Å². The van der Waals surface area contributed by atoms with E-state index in [-0.39, 0.29) is 36.7 Å². The van der Waals surface area contributed by atoms with E-state index in [0.717, 1.165) is 0 Å². The summed E-state index contributed by atoms with van der Waals surface area (Å²) in [5.41, 5.74) is -0.795. The van der Waals surface area contributed by atoms with Gasteiger partial charge in [-0.25, -0.2) is 0 Å². The Kier molecular flexibility index (Phi) is 3.29. The highest BCUT2D eigenvalue weighted by Crippen LogP contribution is 2.45. The van der Waals surface area contributed by atoms with Crippen LogP contribution >= 0.6 is 0 Å². The predicted molar refractivity (Wildman–Crippen MR) is 78.4 cm³/mol. The third-order valence-corrected chi connectivity index (χ3v) is 6.05. The molecular formula is C16H27NO5. The molecule has 0 aromatic heterocycles. The van der Waals surface area contributed by atoms with E-state index < -0.39 is 5.60 Å². The van der Waals surface area contributed by atoms with E-state index in [2.05, 4.69) is 13.8 Å². The van der Waals surface area contributed by atoms with Crippen LogP contribution in [0.15, 0.2) is 0 Å². The van der Waals surface area contributed by atoms with Crippen molar-refractivity contribution in [2.75, 3.05) is 40.0 Å². The molecule has 0 aliphatic carbocycles. The fourth-order valence-electron chi connectivity index (χ4n) is 4.37. The van der Waals surface area contributed by atoms with Crippen LogP contribution in [0.3, 0.4) is 0 Å². The molecule has 0 N–H and O–H groups in total. The van der Waals surface area contributed by atoms with E-state index >= 15 is 0 Å². The van der Waals surface area contributed by atoms with Gasteiger partial charge in [0.1, 0.15) is 11.7 Å². The highest BCUT2D eigenvalue weighted by atomic mass is 16.7. The van der Waals surface area contributed by atoms with Crippen LogP contribution in [0.2, 0.25) is 0 Å². The molecule has 22 heavy (non-hydrogen) atoms. The minimum Gasteiger partial charge on any atom is -0.372 e. The molecule has 1 unspecified atom stereocenters. The van der Waals surface area contributed by atoms with Crippen LogP contribution in [0.25, 0.3) is 0 Å². The summed E-state index contributed by atoms with van der Waals surface area (Å²) in [5, 5.41) is 1.87. The molecule has 0 radical (unpaired) electrons. The van der Waals surface area contributed by atoms with E-state index in [1.165, 1.54) is 0 Å². The fourth-order valence-corrected chi connectivity index (χ4v) is 4.37. The lowest BCUT2D eigenvalue weighted by Gasteiger charge is -2.37. The van der Waals surface area contributed by atoms with Crippen molar-refractivity contribution in [3.05, 3.63) is 0 Å². The molecule has 0 amide bonds. The summed E-state index contributed by atoms with van der Waals surface area (Å²) >= 11 is 0. The molecule has 4 heterocycles. The van der Waals surface area contributed by atoms with E-state index in [9.17, 15) is 0 Å². The molecule has 4 fully saturated rings. The molecule has 4 bridgehead atoms.